The van der Waals surface area contributed by atoms with Gasteiger partial charge in [-0.25, -0.2) is 4.79 Å². The Kier molecular flexibility index (Phi) is 8.63. The van der Waals surface area contributed by atoms with Crippen LogP contribution in [0.15, 0.2) is 84.1 Å². The maximum Gasteiger partial charge on any atom is 0.490 e. The van der Waals surface area contributed by atoms with E-state index in [1.54, 1.807) is 6.20 Å². The van der Waals surface area contributed by atoms with Gasteiger partial charge in [-0.1, -0.05) is 59.8 Å². The molecule has 0 fully saturated rings. The number of carboxylic acid groups (broad SMARTS) is 1. The van der Waals surface area contributed by atoms with Gasteiger partial charge in [0.15, 0.2) is 0 Å². The van der Waals surface area contributed by atoms with Crippen LogP contribution in [0.4, 0.5) is 13.2 Å². The molecule has 0 saturated heterocycles. The molecule has 3 N–H and O–H groups in total. The van der Waals surface area contributed by atoms with E-state index in [-0.39, 0.29) is 5.91 Å². The fraction of sp³-hybridized carbons (Fsp3) is 0.172. The number of aromatic amines is 1. The predicted octanol–water partition coefficient (Wildman–Crippen LogP) is 5.60. The molecular weight excluding hydrogens is 525 g/mol. The zero-order valence-corrected chi connectivity index (χ0v) is 21.3. The summed E-state index contributed by atoms with van der Waals surface area (Å²) in [6, 6.07) is 24.0. The van der Waals surface area contributed by atoms with Crippen LogP contribution >= 0.6 is 0 Å². The number of carbonyl (C=O) groups excluding carboxylic acids is 1. The Hall–Kier alpha value is -4.93. The largest absolute Gasteiger partial charge is 0.490 e. The Labute approximate surface area is 227 Å². The fourth-order valence-corrected chi connectivity index (χ4v) is 3.92. The number of carbonyl (C=O) groups is 2. The molecule has 0 aliphatic carbocycles. The first-order chi connectivity index (χ1) is 19.1. The number of halogens is 3. The Morgan fingerprint density at radius 2 is 1.75 bits per heavy atom. The van der Waals surface area contributed by atoms with Crippen LogP contribution in [0.1, 0.15) is 34.1 Å². The number of pyridine rings is 1. The summed E-state index contributed by atoms with van der Waals surface area (Å²) in [4.78, 5) is 34.4. The molecule has 1 aliphatic heterocycles. The van der Waals surface area contributed by atoms with E-state index in [2.05, 4.69) is 20.4 Å². The molecule has 1 aliphatic rings. The highest BCUT2D eigenvalue weighted by Gasteiger charge is 2.38. The number of carboxylic acids is 1. The second kappa shape index (κ2) is 12.3. The number of aromatic nitrogens is 2. The smallest absolute Gasteiger partial charge is 0.475 e. The number of hydrogen-bond acceptors (Lipinski definition) is 5. The fourth-order valence-electron chi connectivity index (χ4n) is 3.92. The lowest BCUT2D eigenvalue weighted by Gasteiger charge is -2.11. The van der Waals surface area contributed by atoms with Gasteiger partial charge in [0, 0.05) is 41.7 Å². The highest BCUT2D eigenvalue weighted by molar-refractivity contribution is 5.99. The first-order valence-electron chi connectivity index (χ1n) is 12.2. The summed E-state index contributed by atoms with van der Waals surface area (Å²) < 4.78 is 31.7. The molecule has 3 heterocycles. The maximum atomic E-state index is 12.1. The van der Waals surface area contributed by atoms with E-state index in [4.69, 9.17) is 14.7 Å². The van der Waals surface area contributed by atoms with E-state index >= 15 is 0 Å². The lowest BCUT2D eigenvalue weighted by Crippen LogP contribution is -2.31. The summed E-state index contributed by atoms with van der Waals surface area (Å²) >= 11 is 0. The monoisotopic (exact) mass is 550 g/mol. The number of rotatable bonds is 6. The van der Waals surface area contributed by atoms with Crippen LogP contribution in [0.5, 0.6) is 0 Å². The van der Waals surface area contributed by atoms with Crippen molar-refractivity contribution in [2.24, 2.45) is 5.16 Å². The van der Waals surface area contributed by atoms with Gasteiger partial charge >= 0.3 is 12.1 Å². The van der Waals surface area contributed by atoms with Crippen molar-refractivity contribution in [3.8, 4) is 22.5 Å². The number of H-pyrrole nitrogens is 1. The molecule has 8 nitrogen and oxygen atoms in total. The number of oxime groups is 1. The molecule has 2 aromatic heterocycles. The van der Waals surface area contributed by atoms with Crippen LogP contribution in [0.3, 0.4) is 0 Å². The molecule has 40 heavy (non-hydrogen) atoms. The van der Waals surface area contributed by atoms with Crippen molar-refractivity contribution >= 4 is 17.6 Å². The van der Waals surface area contributed by atoms with Crippen molar-refractivity contribution < 1.29 is 32.7 Å². The summed E-state index contributed by atoms with van der Waals surface area (Å²) in [6.07, 6.45) is -2.47. The number of nitrogens with one attached hydrogen (secondary N) is 2. The lowest BCUT2D eigenvalue weighted by molar-refractivity contribution is -0.192. The van der Waals surface area contributed by atoms with Gasteiger partial charge in [0.05, 0.1) is 17.0 Å². The zero-order chi connectivity index (χ0) is 28.7. The number of benzene rings is 2. The number of nitrogens with zero attached hydrogens (tertiary/aromatic N) is 2. The van der Waals surface area contributed by atoms with E-state index in [1.165, 1.54) is 0 Å². The van der Waals surface area contributed by atoms with Crippen LogP contribution < -0.4 is 5.32 Å². The molecular formula is C29H25F3N4O4. The van der Waals surface area contributed by atoms with Gasteiger partial charge in [-0.05, 0) is 36.2 Å². The topological polar surface area (TPSA) is 117 Å². The lowest BCUT2D eigenvalue weighted by atomic mass is 10.0. The van der Waals surface area contributed by atoms with E-state index in [0.717, 1.165) is 57.0 Å². The molecule has 0 spiro atoms. The van der Waals surface area contributed by atoms with E-state index in [1.807, 2.05) is 79.7 Å². The second-order valence-electron chi connectivity index (χ2n) is 8.83. The third-order valence-electron chi connectivity index (χ3n) is 5.99. The summed E-state index contributed by atoms with van der Waals surface area (Å²) in [5.74, 6) is -2.78. The summed E-state index contributed by atoms with van der Waals surface area (Å²) in [7, 11) is 0. The van der Waals surface area contributed by atoms with Crippen molar-refractivity contribution in [1.29, 1.82) is 0 Å². The number of alkyl halides is 3. The van der Waals surface area contributed by atoms with Crippen molar-refractivity contribution in [3.05, 3.63) is 101 Å². The quantitative estimate of drug-likeness (QED) is 0.213. The summed E-state index contributed by atoms with van der Waals surface area (Å²) in [6.45, 7) is 3.04. The second-order valence-corrected chi connectivity index (χ2v) is 8.83. The molecule has 2 aromatic carbocycles. The predicted molar refractivity (Wildman–Crippen MR) is 143 cm³/mol. The normalized spacial score (nSPS) is 13.0. The third kappa shape index (κ3) is 7.13. The molecule has 5 rings (SSSR count). The molecule has 1 amide bonds. The summed E-state index contributed by atoms with van der Waals surface area (Å²) in [5, 5.41) is 14.3. The van der Waals surface area contributed by atoms with Gasteiger partial charge in [-0.15, -0.1) is 0 Å². The minimum Gasteiger partial charge on any atom is -0.475 e. The van der Waals surface area contributed by atoms with Gasteiger partial charge < -0.3 is 20.2 Å². The molecule has 0 atom stereocenters. The van der Waals surface area contributed by atoms with Crippen molar-refractivity contribution in [1.82, 2.24) is 15.3 Å². The van der Waals surface area contributed by atoms with E-state index in [0.29, 0.717) is 13.2 Å². The maximum absolute atomic E-state index is 12.1. The van der Waals surface area contributed by atoms with E-state index < -0.39 is 12.1 Å². The number of amides is 1. The highest BCUT2D eigenvalue weighted by Crippen LogP contribution is 2.27. The third-order valence-corrected chi connectivity index (χ3v) is 5.99. The molecule has 0 unspecified atom stereocenters. The molecule has 206 valence electrons. The van der Waals surface area contributed by atoms with Gasteiger partial charge in [0.2, 0.25) is 0 Å². The minimum atomic E-state index is -5.08. The van der Waals surface area contributed by atoms with Crippen LogP contribution in [0.25, 0.3) is 22.5 Å². The number of hydrogen-bond donors (Lipinski definition) is 3. The van der Waals surface area contributed by atoms with Crippen LogP contribution in [0.2, 0.25) is 0 Å². The van der Waals surface area contributed by atoms with Crippen LogP contribution in [-0.4, -0.2) is 45.4 Å². The molecule has 4 aromatic rings. The van der Waals surface area contributed by atoms with Gasteiger partial charge in [-0.3, -0.25) is 9.78 Å². The van der Waals surface area contributed by atoms with Gasteiger partial charge in [-0.2, -0.15) is 13.2 Å². The summed E-state index contributed by atoms with van der Waals surface area (Å²) in [5.41, 5.74) is 8.40. The van der Waals surface area contributed by atoms with E-state index in [9.17, 15) is 18.0 Å². The number of fused-ring (bicyclic) bond motifs is 1. The Balaban J connectivity index is 0.000000470. The standard InChI is InChI=1S/C27H24N4O2.C2HF3O2/c1-18(31-33-17-19-5-3-2-4-6-19)20-7-9-21(10-8-20)25-15-22(11-13-28-25)26-16-23-24(30-26)12-14-29-27(23)32;3-2(4,5)1(6)7/h2-11,13,15-16,30H,12,14,17H2,1H3,(H,29,32);(H,6,7)/b31-18-;. The van der Waals surface area contributed by atoms with Crippen molar-refractivity contribution in [2.75, 3.05) is 6.54 Å². The van der Waals surface area contributed by atoms with Gasteiger partial charge in [0.25, 0.3) is 5.91 Å². The molecule has 0 saturated carbocycles. The Bertz CT molecular complexity index is 1510. The molecule has 0 bridgehead atoms. The molecule has 11 heteroatoms. The average Bonchev–Trinajstić information content (AvgIpc) is 3.40. The minimum absolute atomic E-state index is 0.0200. The van der Waals surface area contributed by atoms with Crippen LogP contribution in [0, 0.1) is 0 Å². The SMILES string of the molecule is C/C(=N/OCc1ccccc1)c1ccc(-c2cc(-c3cc4c([nH]3)CCNC4=O)ccn2)cc1.O=C(O)C(F)(F)F. The van der Waals surface area contributed by atoms with Crippen LogP contribution in [-0.2, 0) is 22.7 Å². The molecule has 0 radical (unpaired) electrons. The van der Waals surface area contributed by atoms with Crippen molar-refractivity contribution in [3.63, 3.8) is 0 Å². The van der Waals surface area contributed by atoms with Crippen molar-refractivity contribution in [2.45, 2.75) is 26.1 Å². The number of aliphatic carboxylic acids is 1. The average molecular weight is 551 g/mol. The first kappa shape index (κ1) is 28.1. The Morgan fingerprint density at radius 1 is 1.05 bits per heavy atom. The Morgan fingerprint density at radius 3 is 2.40 bits per heavy atom. The first-order valence-corrected chi connectivity index (χ1v) is 12.2. The highest BCUT2D eigenvalue weighted by atomic mass is 19.4. The zero-order valence-electron chi connectivity index (χ0n) is 21.3. The van der Waals surface area contributed by atoms with Gasteiger partial charge in [0.1, 0.15) is 6.61 Å².